The summed E-state index contributed by atoms with van der Waals surface area (Å²) in [7, 11) is 0. The first-order valence-corrected chi connectivity index (χ1v) is 8.84. The highest BCUT2D eigenvalue weighted by molar-refractivity contribution is 5.70. The normalized spacial score (nSPS) is 18.4. The van der Waals surface area contributed by atoms with Crippen LogP contribution < -0.4 is 9.47 Å². The topological polar surface area (TPSA) is 59.0 Å². The van der Waals surface area contributed by atoms with Crippen LogP contribution >= 0.6 is 0 Å². The average Bonchev–Trinajstić information content (AvgIpc) is 3.12. The molecule has 0 aromatic heterocycles. The highest BCUT2D eigenvalue weighted by Crippen LogP contribution is 2.39. The number of ether oxygens (including phenoxy) is 2. The summed E-state index contributed by atoms with van der Waals surface area (Å²) in [6.07, 6.45) is 0.971. The molecular formula is C20H19F2NO4. The van der Waals surface area contributed by atoms with Crippen molar-refractivity contribution in [2.45, 2.75) is 18.9 Å². The molecule has 7 heteroatoms. The van der Waals surface area contributed by atoms with Crippen molar-refractivity contribution in [2.24, 2.45) is 5.92 Å². The summed E-state index contributed by atoms with van der Waals surface area (Å²) >= 11 is 0. The first-order chi connectivity index (χ1) is 13.0. The molecule has 0 bridgehead atoms. The van der Waals surface area contributed by atoms with Crippen LogP contribution in [-0.2, 0) is 4.79 Å². The zero-order chi connectivity index (χ0) is 19.0. The molecule has 0 saturated carbocycles. The third-order valence-corrected chi connectivity index (χ3v) is 5.21. The molecule has 2 aromatic rings. The molecule has 142 valence electrons. The minimum atomic E-state index is -0.803. The number of piperidine rings is 1. The molecule has 1 N–H and O–H groups in total. The van der Waals surface area contributed by atoms with E-state index >= 15 is 0 Å². The van der Waals surface area contributed by atoms with Gasteiger partial charge in [-0.3, -0.25) is 9.69 Å². The SMILES string of the molecule is O=C(O)C1CCN(C(c2ccc3c(c2)OCO3)c2ccc(F)cc2F)CC1. The number of likely N-dealkylation sites (tertiary alicyclic amines) is 1. The maximum absolute atomic E-state index is 14.6. The monoisotopic (exact) mass is 375 g/mol. The van der Waals surface area contributed by atoms with Crippen LogP contribution in [0, 0.1) is 17.6 Å². The van der Waals surface area contributed by atoms with Gasteiger partial charge in [0.15, 0.2) is 11.5 Å². The molecule has 1 atom stereocenters. The van der Waals surface area contributed by atoms with Crippen molar-refractivity contribution in [1.82, 2.24) is 4.90 Å². The summed E-state index contributed by atoms with van der Waals surface area (Å²) in [5.74, 6) is -1.25. The third-order valence-electron chi connectivity index (χ3n) is 5.21. The van der Waals surface area contributed by atoms with E-state index in [0.29, 0.717) is 43.0 Å². The zero-order valence-corrected chi connectivity index (χ0v) is 14.5. The van der Waals surface area contributed by atoms with Crippen LogP contribution in [0.4, 0.5) is 8.78 Å². The van der Waals surface area contributed by atoms with Crippen LogP contribution in [0.1, 0.15) is 30.0 Å². The second-order valence-corrected chi connectivity index (χ2v) is 6.83. The van der Waals surface area contributed by atoms with E-state index in [1.807, 2.05) is 11.0 Å². The molecule has 1 saturated heterocycles. The van der Waals surface area contributed by atoms with E-state index < -0.39 is 29.6 Å². The number of halogens is 2. The maximum atomic E-state index is 14.6. The Labute approximate surface area is 155 Å². The number of carbonyl (C=O) groups is 1. The molecule has 0 radical (unpaired) electrons. The average molecular weight is 375 g/mol. The number of carboxylic acids is 1. The van der Waals surface area contributed by atoms with Gasteiger partial charge in [0.2, 0.25) is 6.79 Å². The molecule has 2 aliphatic heterocycles. The van der Waals surface area contributed by atoms with Gasteiger partial charge < -0.3 is 14.6 Å². The fraction of sp³-hybridized carbons (Fsp3) is 0.350. The molecule has 2 aliphatic rings. The maximum Gasteiger partial charge on any atom is 0.306 e. The largest absolute Gasteiger partial charge is 0.481 e. The molecule has 1 fully saturated rings. The molecular weight excluding hydrogens is 356 g/mol. The van der Waals surface area contributed by atoms with Gasteiger partial charge in [-0.05, 0) is 49.7 Å². The number of fused-ring (bicyclic) bond motifs is 1. The molecule has 5 nitrogen and oxygen atoms in total. The van der Waals surface area contributed by atoms with Gasteiger partial charge in [0.25, 0.3) is 0 Å². The smallest absolute Gasteiger partial charge is 0.306 e. The third kappa shape index (κ3) is 3.47. The predicted octanol–water partition coefficient (Wildman–Crippen LogP) is 3.58. The van der Waals surface area contributed by atoms with Crippen LogP contribution in [0.2, 0.25) is 0 Å². The summed E-state index contributed by atoms with van der Waals surface area (Å²) in [5, 5.41) is 9.23. The van der Waals surface area contributed by atoms with E-state index in [9.17, 15) is 18.7 Å². The van der Waals surface area contributed by atoms with Crippen molar-refractivity contribution in [2.75, 3.05) is 19.9 Å². The lowest BCUT2D eigenvalue weighted by Gasteiger charge is -2.37. The Kier molecular flexibility index (Phi) is 4.70. The Hall–Kier alpha value is -2.67. The predicted molar refractivity (Wildman–Crippen MR) is 92.7 cm³/mol. The second kappa shape index (κ2) is 7.15. The van der Waals surface area contributed by atoms with Gasteiger partial charge in [0.05, 0.1) is 12.0 Å². The highest BCUT2D eigenvalue weighted by Gasteiger charge is 2.32. The van der Waals surface area contributed by atoms with Crippen molar-refractivity contribution in [3.05, 3.63) is 59.2 Å². The first-order valence-electron chi connectivity index (χ1n) is 8.84. The van der Waals surface area contributed by atoms with Crippen LogP contribution in [0.5, 0.6) is 11.5 Å². The van der Waals surface area contributed by atoms with E-state index in [2.05, 4.69) is 0 Å². The number of carboxylic acid groups (broad SMARTS) is 1. The zero-order valence-electron chi connectivity index (χ0n) is 14.5. The Morgan fingerprint density at radius 2 is 1.81 bits per heavy atom. The van der Waals surface area contributed by atoms with E-state index in [0.717, 1.165) is 11.6 Å². The van der Waals surface area contributed by atoms with E-state index in [-0.39, 0.29) is 6.79 Å². The van der Waals surface area contributed by atoms with Crippen molar-refractivity contribution in [3.8, 4) is 11.5 Å². The number of benzene rings is 2. The van der Waals surface area contributed by atoms with Crippen LogP contribution in [-0.4, -0.2) is 35.9 Å². The standard InChI is InChI=1S/C20H19F2NO4/c21-14-2-3-15(16(22)10-14)19(23-7-5-12(6-8-23)20(24)25)13-1-4-17-18(9-13)27-11-26-17/h1-4,9-10,12,19H,5-8,11H2,(H,24,25). The van der Waals surface area contributed by atoms with E-state index in [1.165, 1.54) is 12.1 Å². The Morgan fingerprint density at radius 1 is 1.07 bits per heavy atom. The van der Waals surface area contributed by atoms with Crippen molar-refractivity contribution in [1.29, 1.82) is 0 Å². The van der Waals surface area contributed by atoms with Gasteiger partial charge in [-0.2, -0.15) is 0 Å². The highest BCUT2D eigenvalue weighted by atomic mass is 19.1. The summed E-state index contributed by atoms with van der Waals surface area (Å²) in [6.45, 7) is 1.15. The van der Waals surface area contributed by atoms with Crippen molar-refractivity contribution in [3.63, 3.8) is 0 Å². The fourth-order valence-electron chi connectivity index (χ4n) is 3.80. The number of aliphatic carboxylic acids is 1. The minimum absolute atomic E-state index is 0.137. The Bertz CT molecular complexity index is 865. The molecule has 0 aliphatic carbocycles. The van der Waals surface area contributed by atoms with Crippen molar-refractivity contribution >= 4 is 5.97 Å². The van der Waals surface area contributed by atoms with E-state index in [1.54, 1.807) is 12.1 Å². The quantitative estimate of drug-likeness (QED) is 0.885. The number of hydrogen-bond donors (Lipinski definition) is 1. The van der Waals surface area contributed by atoms with Crippen LogP contribution in [0.3, 0.4) is 0 Å². The lowest BCUT2D eigenvalue weighted by atomic mass is 9.91. The Balaban J connectivity index is 1.70. The summed E-state index contributed by atoms with van der Waals surface area (Å²) in [4.78, 5) is 13.3. The van der Waals surface area contributed by atoms with Gasteiger partial charge in [0.1, 0.15) is 11.6 Å². The summed E-state index contributed by atoms with van der Waals surface area (Å²) in [5.41, 5.74) is 1.14. The van der Waals surface area contributed by atoms with Crippen LogP contribution in [0.15, 0.2) is 36.4 Å². The number of nitrogens with zero attached hydrogens (tertiary/aromatic N) is 1. The molecule has 0 amide bonds. The molecule has 27 heavy (non-hydrogen) atoms. The summed E-state index contributed by atoms with van der Waals surface area (Å²) in [6, 6.07) is 8.51. The molecule has 0 spiro atoms. The fourth-order valence-corrected chi connectivity index (χ4v) is 3.80. The second-order valence-electron chi connectivity index (χ2n) is 6.83. The number of hydrogen-bond acceptors (Lipinski definition) is 4. The van der Waals surface area contributed by atoms with Crippen molar-refractivity contribution < 1.29 is 28.2 Å². The lowest BCUT2D eigenvalue weighted by Crippen LogP contribution is -2.39. The molecule has 2 aromatic carbocycles. The van der Waals surface area contributed by atoms with Crippen LogP contribution in [0.25, 0.3) is 0 Å². The van der Waals surface area contributed by atoms with E-state index in [4.69, 9.17) is 9.47 Å². The lowest BCUT2D eigenvalue weighted by molar-refractivity contribution is -0.143. The molecule has 1 unspecified atom stereocenters. The molecule has 4 rings (SSSR count). The minimum Gasteiger partial charge on any atom is -0.481 e. The van der Waals surface area contributed by atoms with Gasteiger partial charge in [0, 0.05) is 11.6 Å². The summed E-state index contributed by atoms with van der Waals surface area (Å²) < 4.78 is 38.8. The number of rotatable bonds is 4. The first kappa shape index (κ1) is 17.7. The van der Waals surface area contributed by atoms with Gasteiger partial charge >= 0.3 is 5.97 Å². The molecule has 2 heterocycles. The van der Waals surface area contributed by atoms with Gasteiger partial charge in [-0.1, -0.05) is 12.1 Å². The Morgan fingerprint density at radius 3 is 2.52 bits per heavy atom. The van der Waals surface area contributed by atoms with Gasteiger partial charge in [-0.15, -0.1) is 0 Å². The van der Waals surface area contributed by atoms with Gasteiger partial charge in [-0.25, -0.2) is 8.78 Å².